The predicted molar refractivity (Wildman–Crippen MR) is 91.2 cm³/mol. The molecule has 0 aliphatic carbocycles. The van der Waals surface area contributed by atoms with Crippen LogP contribution in [0.5, 0.6) is 5.75 Å². The highest BCUT2D eigenvalue weighted by Crippen LogP contribution is 2.30. The van der Waals surface area contributed by atoms with E-state index in [1.54, 1.807) is 31.2 Å². The number of urea groups is 1. The molecule has 1 fully saturated rings. The van der Waals surface area contributed by atoms with Crippen molar-refractivity contribution in [2.75, 3.05) is 0 Å². The molecule has 3 rings (SSSR count). The maximum atomic E-state index is 12.1. The summed E-state index contributed by atoms with van der Waals surface area (Å²) in [6.07, 6.45) is 0.384. The molecule has 7 nitrogen and oxygen atoms in total. The van der Waals surface area contributed by atoms with Gasteiger partial charge in [0.05, 0.1) is 17.2 Å². The second-order valence-electron chi connectivity index (χ2n) is 5.77. The number of esters is 1. The third-order valence-electron chi connectivity index (χ3n) is 4.28. The molecule has 130 valence electrons. The summed E-state index contributed by atoms with van der Waals surface area (Å²) in [6, 6.07) is 13.9. The molecule has 3 amide bonds. The molecule has 1 atom stereocenters. The van der Waals surface area contributed by atoms with E-state index in [1.807, 2.05) is 6.07 Å². The Bertz CT molecular complexity index is 913. The van der Waals surface area contributed by atoms with Crippen molar-refractivity contribution in [3.8, 4) is 11.8 Å². The number of nitriles is 1. The Morgan fingerprint density at radius 3 is 2.27 bits per heavy atom. The molecule has 1 aliphatic rings. The lowest BCUT2D eigenvalue weighted by Crippen LogP contribution is -2.43. The summed E-state index contributed by atoms with van der Waals surface area (Å²) in [5.74, 6) is -0.661. The van der Waals surface area contributed by atoms with Crippen LogP contribution in [0.2, 0.25) is 0 Å². The topological polar surface area (TPSA) is 108 Å². The minimum atomic E-state index is -1.12. The van der Waals surface area contributed by atoms with Gasteiger partial charge in [-0.1, -0.05) is 19.1 Å². The zero-order valence-corrected chi connectivity index (χ0v) is 13.9. The van der Waals surface area contributed by atoms with Crippen LogP contribution in [0.3, 0.4) is 0 Å². The van der Waals surface area contributed by atoms with Crippen LogP contribution < -0.4 is 15.4 Å². The first kappa shape index (κ1) is 17.2. The normalized spacial score (nSPS) is 18.6. The lowest BCUT2D eigenvalue weighted by molar-refractivity contribution is -0.124. The first-order chi connectivity index (χ1) is 12.5. The van der Waals surface area contributed by atoms with Gasteiger partial charge >= 0.3 is 12.0 Å². The smallest absolute Gasteiger partial charge is 0.343 e. The zero-order chi connectivity index (χ0) is 18.7. The van der Waals surface area contributed by atoms with E-state index >= 15 is 0 Å². The van der Waals surface area contributed by atoms with Gasteiger partial charge in [0.2, 0.25) is 0 Å². The molecule has 0 bridgehead atoms. The standard InChI is InChI=1S/C19H15N3O4/c1-2-19(17(24)21-18(25)22-19)14-7-9-15(10-8-14)26-16(23)13-5-3-12(11-20)4-6-13/h3-10H,2H2,1H3,(H2,21,22,24,25). The molecule has 26 heavy (non-hydrogen) atoms. The van der Waals surface area contributed by atoms with Gasteiger partial charge in [-0.05, 0) is 48.4 Å². The van der Waals surface area contributed by atoms with Crippen LogP contribution in [0.1, 0.15) is 34.8 Å². The average Bonchev–Trinajstić information content (AvgIpc) is 2.96. The molecule has 0 aromatic heterocycles. The number of amides is 3. The quantitative estimate of drug-likeness (QED) is 0.500. The first-order valence-corrected chi connectivity index (χ1v) is 7.95. The zero-order valence-electron chi connectivity index (χ0n) is 13.9. The number of rotatable bonds is 4. The highest BCUT2D eigenvalue weighted by molar-refractivity contribution is 6.07. The van der Waals surface area contributed by atoms with Crippen LogP contribution >= 0.6 is 0 Å². The van der Waals surface area contributed by atoms with Crippen molar-refractivity contribution in [3.05, 3.63) is 65.2 Å². The largest absolute Gasteiger partial charge is 0.423 e. The van der Waals surface area contributed by atoms with E-state index in [0.29, 0.717) is 28.9 Å². The lowest BCUT2D eigenvalue weighted by atomic mass is 9.87. The molecule has 0 radical (unpaired) electrons. The number of carbonyl (C=O) groups excluding carboxylic acids is 3. The van der Waals surface area contributed by atoms with Crippen molar-refractivity contribution in [1.29, 1.82) is 5.26 Å². The van der Waals surface area contributed by atoms with E-state index in [2.05, 4.69) is 10.6 Å². The van der Waals surface area contributed by atoms with Crippen molar-refractivity contribution < 1.29 is 19.1 Å². The van der Waals surface area contributed by atoms with E-state index in [9.17, 15) is 14.4 Å². The van der Waals surface area contributed by atoms with E-state index in [-0.39, 0.29) is 0 Å². The van der Waals surface area contributed by atoms with E-state index in [0.717, 1.165) is 0 Å². The highest BCUT2D eigenvalue weighted by Gasteiger charge is 2.46. The Hall–Kier alpha value is -3.66. The number of benzene rings is 2. The molecular weight excluding hydrogens is 334 g/mol. The summed E-state index contributed by atoms with van der Waals surface area (Å²) in [6.45, 7) is 1.80. The minimum absolute atomic E-state index is 0.305. The molecule has 7 heteroatoms. The van der Waals surface area contributed by atoms with Crippen LogP contribution in [-0.4, -0.2) is 17.9 Å². The molecule has 1 saturated heterocycles. The molecule has 2 N–H and O–H groups in total. The maximum absolute atomic E-state index is 12.1. The Kier molecular flexibility index (Phi) is 4.42. The van der Waals surface area contributed by atoms with Gasteiger partial charge in [0, 0.05) is 0 Å². The number of hydrogen-bond acceptors (Lipinski definition) is 5. The number of nitrogens with zero attached hydrogens (tertiary/aromatic N) is 1. The Morgan fingerprint density at radius 1 is 1.12 bits per heavy atom. The fourth-order valence-electron chi connectivity index (χ4n) is 2.80. The number of ether oxygens (including phenoxy) is 1. The minimum Gasteiger partial charge on any atom is -0.423 e. The maximum Gasteiger partial charge on any atom is 0.343 e. The molecule has 2 aromatic rings. The van der Waals surface area contributed by atoms with Gasteiger partial charge < -0.3 is 10.1 Å². The summed E-state index contributed by atoms with van der Waals surface area (Å²) in [4.78, 5) is 35.8. The van der Waals surface area contributed by atoms with E-state index in [1.165, 1.54) is 24.3 Å². The van der Waals surface area contributed by atoms with Crippen molar-refractivity contribution >= 4 is 17.9 Å². The van der Waals surface area contributed by atoms with Gasteiger partial charge in [0.15, 0.2) is 0 Å². The molecule has 0 saturated carbocycles. The average molecular weight is 349 g/mol. The van der Waals surface area contributed by atoms with Crippen molar-refractivity contribution in [2.45, 2.75) is 18.9 Å². The van der Waals surface area contributed by atoms with Gasteiger partial charge in [-0.25, -0.2) is 9.59 Å². The predicted octanol–water partition coefficient (Wildman–Crippen LogP) is 2.22. The van der Waals surface area contributed by atoms with Crippen molar-refractivity contribution in [3.63, 3.8) is 0 Å². The van der Waals surface area contributed by atoms with Gasteiger partial charge in [-0.2, -0.15) is 5.26 Å². The fraction of sp³-hybridized carbons (Fsp3) is 0.158. The molecular formula is C19H15N3O4. The van der Waals surface area contributed by atoms with Crippen LogP contribution in [0.25, 0.3) is 0 Å². The summed E-state index contributed by atoms with van der Waals surface area (Å²) < 4.78 is 5.30. The van der Waals surface area contributed by atoms with E-state index < -0.39 is 23.4 Å². The number of carbonyl (C=O) groups is 3. The van der Waals surface area contributed by atoms with E-state index in [4.69, 9.17) is 10.00 Å². The van der Waals surface area contributed by atoms with Crippen LogP contribution in [0, 0.1) is 11.3 Å². The Labute approximate surface area is 149 Å². The lowest BCUT2D eigenvalue weighted by Gasteiger charge is -2.24. The molecule has 1 aliphatic heterocycles. The highest BCUT2D eigenvalue weighted by atomic mass is 16.5. The Balaban J connectivity index is 1.77. The monoisotopic (exact) mass is 349 g/mol. The Morgan fingerprint density at radius 2 is 1.77 bits per heavy atom. The first-order valence-electron chi connectivity index (χ1n) is 7.95. The van der Waals surface area contributed by atoms with Crippen LogP contribution in [0.15, 0.2) is 48.5 Å². The fourth-order valence-corrected chi connectivity index (χ4v) is 2.80. The SMILES string of the molecule is CCC1(c2ccc(OC(=O)c3ccc(C#N)cc3)cc2)NC(=O)NC1=O. The van der Waals surface area contributed by atoms with Crippen molar-refractivity contribution in [1.82, 2.24) is 10.6 Å². The van der Waals surface area contributed by atoms with Crippen molar-refractivity contribution in [2.24, 2.45) is 0 Å². The van der Waals surface area contributed by atoms with Gasteiger partial charge in [-0.15, -0.1) is 0 Å². The van der Waals surface area contributed by atoms with Gasteiger partial charge in [0.1, 0.15) is 11.3 Å². The number of imide groups is 1. The van der Waals surface area contributed by atoms with Crippen LogP contribution in [0.4, 0.5) is 4.79 Å². The summed E-state index contributed by atoms with van der Waals surface area (Å²) >= 11 is 0. The molecule has 1 heterocycles. The van der Waals surface area contributed by atoms with Gasteiger partial charge in [-0.3, -0.25) is 10.1 Å². The second-order valence-corrected chi connectivity index (χ2v) is 5.77. The second kappa shape index (κ2) is 6.69. The molecule has 0 spiro atoms. The number of nitrogens with one attached hydrogen (secondary N) is 2. The molecule has 2 aromatic carbocycles. The summed E-state index contributed by atoms with van der Waals surface area (Å²) in [5, 5.41) is 13.7. The summed E-state index contributed by atoms with van der Waals surface area (Å²) in [7, 11) is 0. The van der Waals surface area contributed by atoms with Crippen LogP contribution in [-0.2, 0) is 10.3 Å². The van der Waals surface area contributed by atoms with Gasteiger partial charge in [0.25, 0.3) is 5.91 Å². The molecule has 1 unspecified atom stereocenters. The third kappa shape index (κ3) is 3.00. The third-order valence-corrected chi connectivity index (χ3v) is 4.28. The summed E-state index contributed by atoms with van der Waals surface area (Å²) in [5.41, 5.74) is 0.252. The number of hydrogen-bond donors (Lipinski definition) is 2.